The van der Waals surface area contributed by atoms with Gasteiger partial charge in [-0.1, -0.05) is 0 Å². The van der Waals surface area contributed by atoms with Crippen LogP contribution in [0.15, 0.2) is 18.2 Å². The predicted octanol–water partition coefficient (Wildman–Crippen LogP) is 1.20. The number of rotatable bonds is 3. The fourth-order valence-electron chi connectivity index (χ4n) is 2.09. The highest BCUT2D eigenvalue weighted by molar-refractivity contribution is 5.94. The summed E-state index contributed by atoms with van der Waals surface area (Å²) in [5.41, 5.74) is 5.27. The van der Waals surface area contributed by atoms with Gasteiger partial charge in [0.15, 0.2) is 11.6 Å². The van der Waals surface area contributed by atoms with Crippen LogP contribution < -0.4 is 11.1 Å². The highest BCUT2D eigenvalue weighted by atomic mass is 19.2. The maximum atomic E-state index is 13.1. The third-order valence-electron chi connectivity index (χ3n) is 3.40. The van der Waals surface area contributed by atoms with Crippen LogP contribution in [0.3, 0.4) is 0 Å². The van der Waals surface area contributed by atoms with Crippen LogP contribution in [0.1, 0.15) is 23.2 Å². The zero-order chi connectivity index (χ0) is 13.9. The molecule has 0 radical (unpaired) electrons. The summed E-state index contributed by atoms with van der Waals surface area (Å²) in [6, 6.07) is 3.06. The van der Waals surface area contributed by atoms with E-state index in [0.717, 1.165) is 12.1 Å². The molecule has 6 heteroatoms. The number of benzene rings is 1. The van der Waals surface area contributed by atoms with Gasteiger partial charge in [-0.05, 0) is 31.0 Å². The van der Waals surface area contributed by atoms with Crippen LogP contribution in [-0.4, -0.2) is 31.2 Å². The molecule has 0 aromatic heterocycles. The number of nitrogens with two attached hydrogens (primary N) is 1. The highest BCUT2D eigenvalue weighted by Crippen LogP contribution is 2.20. The second-order valence-corrected chi connectivity index (χ2v) is 4.68. The molecule has 1 amide bonds. The summed E-state index contributed by atoms with van der Waals surface area (Å²) in [5.74, 6) is -2.47. The third kappa shape index (κ3) is 3.08. The van der Waals surface area contributed by atoms with Crippen molar-refractivity contribution < 1.29 is 18.3 Å². The number of amides is 1. The van der Waals surface area contributed by atoms with Gasteiger partial charge in [-0.15, -0.1) is 0 Å². The van der Waals surface area contributed by atoms with Crippen LogP contribution in [0.5, 0.6) is 0 Å². The molecule has 0 aliphatic carbocycles. The Morgan fingerprint density at radius 1 is 1.32 bits per heavy atom. The summed E-state index contributed by atoms with van der Waals surface area (Å²) < 4.78 is 31.1. The van der Waals surface area contributed by atoms with E-state index in [1.54, 1.807) is 0 Å². The van der Waals surface area contributed by atoms with Gasteiger partial charge in [0, 0.05) is 25.3 Å². The van der Waals surface area contributed by atoms with E-state index < -0.39 is 23.1 Å². The van der Waals surface area contributed by atoms with Crippen molar-refractivity contribution in [3.63, 3.8) is 0 Å². The Morgan fingerprint density at radius 3 is 2.58 bits per heavy atom. The van der Waals surface area contributed by atoms with Gasteiger partial charge in [0.25, 0.3) is 5.91 Å². The predicted molar refractivity (Wildman–Crippen MR) is 65.7 cm³/mol. The summed E-state index contributed by atoms with van der Waals surface area (Å²) in [6.45, 7) is 1.33. The van der Waals surface area contributed by atoms with Crippen LogP contribution in [0.25, 0.3) is 0 Å². The number of halogens is 2. The fraction of sp³-hybridized carbons (Fsp3) is 0.462. The monoisotopic (exact) mass is 270 g/mol. The van der Waals surface area contributed by atoms with Crippen LogP contribution in [-0.2, 0) is 4.74 Å². The molecule has 0 saturated carbocycles. The van der Waals surface area contributed by atoms with E-state index in [1.165, 1.54) is 6.07 Å². The van der Waals surface area contributed by atoms with Crippen molar-refractivity contribution in [2.24, 2.45) is 5.73 Å². The van der Waals surface area contributed by atoms with Gasteiger partial charge < -0.3 is 15.8 Å². The van der Waals surface area contributed by atoms with Gasteiger partial charge in [-0.25, -0.2) is 8.78 Å². The summed E-state index contributed by atoms with van der Waals surface area (Å²) in [4.78, 5) is 12.0. The summed E-state index contributed by atoms with van der Waals surface area (Å²) in [6.07, 6.45) is 1.22. The van der Waals surface area contributed by atoms with E-state index in [4.69, 9.17) is 10.5 Å². The van der Waals surface area contributed by atoms with Crippen molar-refractivity contribution in [3.05, 3.63) is 35.4 Å². The van der Waals surface area contributed by atoms with Crippen molar-refractivity contribution in [2.75, 3.05) is 19.8 Å². The second-order valence-electron chi connectivity index (χ2n) is 4.68. The maximum Gasteiger partial charge on any atom is 0.251 e. The second kappa shape index (κ2) is 5.63. The minimum absolute atomic E-state index is 0.0817. The van der Waals surface area contributed by atoms with Crippen molar-refractivity contribution in [1.29, 1.82) is 0 Å². The molecule has 1 aliphatic heterocycles. The van der Waals surface area contributed by atoms with E-state index >= 15 is 0 Å². The fourth-order valence-corrected chi connectivity index (χ4v) is 2.09. The van der Waals surface area contributed by atoms with E-state index in [1.807, 2.05) is 0 Å². The third-order valence-corrected chi connectivity index (χ3v) is 3.40. The molecule has 2 rings (SSSR count). The first-order chi connectivity index (χ1) is 9.06. The van der Waals surface area contributed by atoms with Crippen LogP contribution in [0.4, 0.5) is 8.78 Å². The van der Waals surface area contributed by atoms with Gasteiger partial charge in [0.1, 0.15) is 0 Å². The van der Waals surface area contributed by atoms with Crippen LogP contribution >= 0.6 is 0 Å². The Hall–Kier alpha value is -1.53. The Morgan fingerprint density at radius 2 is 2.00 bits per heavy atom. The summed E-state index contributed by atoms with van der Waals surface area (Å²) in [5, 5.41) is 2.81. The van der Waals surface area contributed by atoms with Gasteiger partial charge in [0.2, 0.25) is 0 Å². The van der Waals surface area contributed by atoms with Crippen LogP contribution in [0.2, 0.25) is 0 Å². The number of hydrogen-bond acceptors (Lipinski definition) is 3. The molecular weight excluding hydrogens is 254 g/mol. The molecule has 4 nitrogen and oxygen atoms in total. The van der Waals surface area contributed by atoms with E-state index in [2.05, 4.69) is 5.32 Å². The molecule has 1 aromatic rings. The Labute approximate surface area is 109 Å². The molecule has 1 aromatic carbocycles. The first-order valence-electron chi connectivity index (χ1n) is 6.12. The first-order valence-corrected chi connectivity index (χ1v) is 6.12. The molecule has 0 bridgehead atoms. The molecule has 19 heavy (non-hydrogen) atoms. The average Bonchev–Trinajstić information content (AvgIpc) is 2.43. The highest BCUT2D eigenvalue weighted by Gasteiger charge is 2.33. The Bertz CT molecular complexity index is 474. The number of carbonyl (C=O) groups excluding carboxylic acids is 1. The van der Waals surface area contributed by atoms with E-state index in [9.17, 15) is 13.6 Å². The molecule has 104 valence electrons. The zero-order valence-corrected chi connectivity index (χ0v) is 10.4. The first kappa shape index (κ1) is 13.9. The summed E-state index contributed by atoms with van der Waals surface area (Å²) in [7, 11) is 0. The lowest BCUT2D eigenvalue weighted by molar-refractivity contribution is 0.0388. The van der Waals surface area contributed by atoms with E-state index in [-0.39, 0.29) is 12.1 Å². The minimum atomic E-state index is -1.04. The molecule has 1 aliphatic rings. The van der Waals surface area contributed by atoms with E-state index in [0.29, 0.717) is 26.1 Å². The molecule has 1 fully saturated rings. The van der Waals surface area contributed by atoms with Crippen molar-refractivity contribution in [1.82, 2.24) is 5.32 Å². The largest absolute Gasteiger partial charge is 0.381 e. The molecule has 1 heterocycles. The normalized spacial score (nSPS) is 18.1. The lowest BCUT2D eigenvalue weighted by Gasteiger charge is -2.36. The number of hydrogen-bond donors (Lipinski definition) is 2. The molecule has 0 atom stereocenters. The van der Waals surface area contributed by atoms with Crippen molar-refractivity contribution in [2.45, 2.75) is 18.4 Å². The van der Waals surface area contributed by atoms with Crippen molar-refractivity contribution >= 4 is 5.91 Å². The lowest BCUT2D eigenvalue weighted by atomic mass is 9.89. The molecule has 0 unspecified atom stereocenters. The topological polar surface area (TPSA) is 64.3 Å². The standard InChI is InChI=1S/C13H16F2N2O2/c14-10-2-1-9(7-11(10)15)12(18)17-13(8-16)3-5-19-6-4-13/h1-2,7H,3-6,8,16H2,(H,17,18). The van der Waals surface area contributed by atoms with Crippen molar-refractivity contribution in [3.8, 4) is 0 Å². The molecule has 3 N–H and O–H groups in total. The minimum Gasteiger partial charge on any atom is -0.381 e. The zero-order valence-electron chi connectivity index (χ0n) is 10.4. The molecule has 1 saturated heterocycles. The van der Waals surface area contributed by atoms with Gasteiger partial charge in [-0.2, -0.15) is 0 Å². The molecular formula is C13H16F2N2O2. The molecule has 0 spiro atoms. The number of carbonyl (C=O) groups is 1. The maximum absolute atomic E-state index is 13.1. The quantitative estimate of drug-likeness (QED) is 0.867. The smallest absolute Gasteiger partial charge is 0.251 e. The van der Waals surface area contributed by atoms with Gasteiger partial charge in [0.05, 0.1) is 5.54 Å². The SMILES string of the molecule is NCC1(NC(=O)c2ccc(F)c(F)c2)CCOCC1. The van der Waals surface area contributed by atoms with Crippen LogP contribution in [0, 0.1) is 11.6 Å². The Kier molecular flexibility index (Phi) is 4.11. The van der Waals surface area contributed by atoms with Gasteiger partial charge >= 0.3 is 0 Å². The van der Waals surface area contributed by atoms with Gasteiger partial charge in [-0.3, -0.25) is 4.79 Å². The Balaban J connectivity index is 2.12. The summed E-state index contributed by atoms with van der Waals surface area (Å²) >= 11 is 0. The lowest BCUT2D eigenvalue weighted by Crippen LogP contribution is -2.56. The number of nitrogens with one attached hydrogen (secondary N) is 1. The number of ether oxygens (including phenoxy) is 1. The average molecular weight is 270 g/mol.